The van der Waals surface area contributed by atoms with E-state index in [2.05, 4.69) is 21.2 Å². The van der Waals surface area contributed by atoms with Gasteiger partial charge in [0.2, 0.25) is 5.91 Å². The number of amides is 2. The van der Waals surface area contributed by atoms with Gasteiger partial charge in [0.1, 0.15) is 11.6 Å². The third kappa shape index (κ3) is 5.70. The molecule has 1 fully saturated rings. The largest absolute Gasteiger partial charge is 0.480 e. The number of carbonyl (C=O) groups is 2. The van der Waals surface area contributed by atoms with Gasteiger partial charge in [-0.15, -0.1) is 0 Å². The van der Waals surface area contributed by atoms with Gasteiger partial charge in [-0.05, 0) is 60.3 Å². The van der Waals surface area contributed by atoms with Crippen molar-refractivity contribution in [1.82, 2.24) is 10.2 Å². The van der Waals surface area contributed by atoms with Crippen LogP contribution in [-0.4, -0.2) is 41.9 Å². The molecule has 0 aliphatic carbocycles. The number of benzene rings is 1. The zero-order valence-corrected chi connectivity index (χ0v) is 16.1. The van der Waals surface area contributed by atoms with Crippen molar-refractivity contribution in [2.45, 2.75) is 51.7 Å². The van der Waals surface area contributed by atoms with Crippen LogP contribution in [0.3, 0.4) is 0 Å². The Hall–Kier alpha value is -1.63. The van der Waals surface area contributed by atoms with Gasteiger partial charge in [0.25, 0.3) is 5.91 Å². The Morgan fingerprint density at radius 2 is 2.24 bits per heavy atom. The molecule has 25 heavy (non-hydrogen) atoms. The number of nitrogens with zero attached hydrogens (tertiary/aromatic N) is 1. The lowest BCUT2D eigenvalue weighted by Crippen LogP contribution is -2.52. The molecule has 0 radical (unpaired) electrons. The fraction of sp³-hybridized carbons (Fsp3) is 0.556. The van der Waals surface area contributed by atoms with Gasteiger partial charge in [0.05, 0.1) is 4.47 Å². The fourth-order valence-corrected chi connectivity index (χ4v) is 3.34. The molecular formula is C18H24BrFN2O3. The molecule has 1 aromatic rings. The molecule has 138 valence electrons. The van der Waals surface area contributed by atoms with Crippen LogP contribution >= 0.6 is 15.9 Å². The Morgan fingerprint density at radius 3 is 2.92 bits per heavy atom. The highest BCUT2D eigenvalue weighted by Crippen LogP contribution is 2.27. The molecule has 2 rings (SSSR count). The molecule has 1 heterocycles. The molecule has 2 unspecified atom stereocenters. The number of nitrogens with one attached hydrogen (secondary N) is 1. The van der Waals surface area contributed by atoms with Crippen molar-refractivity contribution in [3.63, 3.8) is 0 Å². The summed E-state index contributed by atoms with van der Waals surface area (Å²) in [5.41, 5.74) is 0. The quantitative estimate of drug-likeness (QED) is 0.776. The van der Waals surface area contributed by atoms with Gasteiger partial charge < -0.3 is 15.0 Å². The molecule has 1 aromatic carbocycles. The summed E-state index contributed by atoms with van der Waals surface area (Å²) in [4.78, 5) is 26.1. The maximum atomic E-state index is 13.1. The van der Waals surface area contributed by atoms with Crippen molar-refractivity contribution in [1.29, 1.82) is 0 Å². The van der Waals surface area contributed by atoms with E-state index in [-0.39, 0.29) is 23.7 Å². The fourth-order valence-electron chi connectivity index (χ4n) is 2.89. The van der Waals surface area contributed by atoms with Crippen molar-refractivity contribution in [3.05, 3.63) is 28.5 Å². The van der Waals surface area contributed by atoms with Crippen LogP contribution in [-0.2, 0) is 9.59 Å². The summed E-state index contributed by atoms with van der Waals surface area (Å²) in [7, 11) is 0. The Balaban J connectivity index is 1.93. The van der Waals surface area contributed by atoms with E-state index in [9.17, 15) is 14.0 Å². The van der Waals surface area contributed by atoms with Crippen LogP contribution in [0.1, 0.15) is 39.5 Å². The lowest BCUT2D eigenvalue weighted by Gasteiger charge is -2.34. The van der Waals surface area contributed by atoms with E-state index in [1.165, 1.54) is 18.2 Å². The van der Waals surface area contributed by atoms with Gasteiger partial charge in [-0.3, -0.25) is 9.59 Å². The molecule has 1 saturated heterocycles. The van der Waals surface area contributed by atoms with Gasteiger partial charge >= 0.3 is 0 Å². The van der Waals surface area contributed by atoms with Gasteiger partial charge in [0, 0.05) is 25.6 Å². The minimum atomic E-state index is -0.688. The minimum Gasteiger partial charge on any atom is -0.480 e. The highest BCUT2D eigenvalue weighted by molar-refractivity contribution is 9.10. The number of piperidine rings is 1. The van der Waals surface area contributed by atoms with E-state index in [4.69, 9.17) is 4.74 Å². The molecule has 1 aliphatic rings. The Labute approximate surface area is 156 Å². The second-order valence-corrected chi connectivity index (χ2v) is 7.13. The van der Waals surface area contributed by atoms with Gasteiger partial charge in [-0.2, -0.15) is 0 Å². The first-order valence-corrected chi connectivity index (χ1v) is 9.39. The maximum Gasteiger partial charge on any atom is 0.263 e. The molecule has 0 aromatic heterocycles. The smallest absolute Gasteiger partial charge is 0.263 e. The Bertz CT molecular complexity index is 626. The Morgan fingerprint density at radius 1 is 1.48 bits per heavy atom. The summed E-state index contributed by atoms with van der Waals surface area (Å²) >= 11 is 3.23. The highest BCUT2D eigenvalue weighted by atomic mass is 79.9. The lowest BCUT2D eigenvalue weighted by atomic mass is 10.0. The SMILES string of the molecule is CCCC(=O)NC1CCCN(C(=O)C(C)Oc2ccc(F)cc2Br)C1. The molecule has 0 saturated carbocycles. The standard InChI is InChI=1S/C18H24BrFN2O3/c1-3-5-17(23)21-14-6-4-9-22(11-14)18(24)12(2)25-16-8-7-13(20)10-15(16)19/h7-8,10,12,14H,3-6,9,11H2,1-2H3,(H,21,23). The summed E-state index contributed by atoms with van der Waals surface area (Å²) in [5.74, 6) is -0.0565. The predicted octanol–water partition coefficient (Wildman–Crippen LogP) is 3.26. The van der Waals surface area contributed by atoms with Crippen molar-refractivity contribution >= 4 is 27.7 Å². The van der Waals surface area contributed by atoms with Crippen LogP contribution in [0.2, 0.25) is 0 Å². The van der Waals surface area contributed by atoms with E-state index >= 15 is 0 Å². The van der Waals surface area contributed by atoms with Crippen molar-refractivity contribution in [2.24, 2.45) is 0 Å². The van der Waals surface area contributed by atoms with Crippen LogP contribution in [0.5, 0.6) is 5.75 Å². The number of hydrogen-bond donors (Lipinski definition) is 1. The van der Waals surface area contributed by atoms with Crippen LogP contribution in [0.4, 0.5) is 4.39 Å². The average Bonchev–Trinajstić information content (AvgIpc) is 2.57. The zero-order valence-electron chi connectivity index (χ0n) is 14.6. The first-order chi connectivity index (χ1) is 11.9. The van der Waals surface area contributed by atoms with Gasteiger partial charge in [0.15, 0.2) is 6.10 Å². The van der Waals surface area contributed by atoms with Crippen LogP contribution < -0.4 is 10.1 Å². The molecule has 1 aliphatic heterocycles. The number of ether oxygens (including phenoxy) is 1. The highest BCUT2D eigenvalue weighted by Gasteiger charge is 2.28. The molecule has 1 N–H and O–H groups in total. The second kappa shape index (κ2) is 9.17. The van der Waals surface area contributed by atoms with E-state index < -0.39 is 6.10 Å². The van der Waals surface area contributed by atoms with E-state index in [1.807, 2.05) is 6.92 Å². The summed E-state index contributed by atoms with van der Waals surface area (Å²) in [6.45, 7) is 4.78. The monoisotopic (exact) mass is 414 g/mol. The van der Waals surface area contributed by atoms with Crippen LogP contribution in [0.25, 0.3) is 0 Å². The zero-order chi connectivity index (χ0) is 18.4. The maximum absolute atomic E-state index is 13.1. The summed E-state index contributed by atoms with van der Waals surface area (Å²) in [6, 6.07) is 4.07. The third-order valence-electron chi connectivity index (χ3n) is 4.12. The number of carbonyl (C=O) groups excluding carboxylic acids is 2. The number of rotatable bonds is 6. The van der Waals surface area contributed by atoms with Crippen molar-refractivity contribution in [2.75, 3.05) is 13.1 Å². The van der Waals surface area contributed by atoms with Crippen LogP contribution in [0, 0.1) is 5.82 Å². The Kier molecular flexibility index (Phi) is 7.23. The third-order valence-corrected chi connectivity index (χ3v) is 4.74. The first-order valence-electron chi connectivity index (χ1n) is 8.60. The van der Waals surface area contributed by atoms with Crippen molar-refractivity contribution < 1.29 is 18.7 Å². The topological polar surface area (TPSA) is 58.6 Å². The number of halogens is 2. The molecule has 7 heteroatoms. The number of hydrogen-bond acceptors (Lipinski definition) is 3. The summed E-state index contributed by atoms with van der Waals surface area (Å²) in [5, 5.41) is 2.99. The van der Waals surface area contributed by atoms with Crippen LogP contribution in [0.15, 0.2) is 22.7 Å². The number of likely N-dealkylation sites (tertiary alicyclic amines) is 1. The van der Waals surface area contributed by atoms with Crippen molar-refractivity contribution in [3.8, 4) is 5.75 Å². The van der Waals surface area contributed by atoms with Gasteiger partial charge in [-0.1, -0.05) is 6.92 Å². The summed E-state index contributed by atoms with van der Waals surface area (Å²) < 4.78 is 19.3. The summed E-state index contributed by atoms with van der Waals surface area (Å²) in [6.07, 6.45) is 2.33. The minimum absolute atomic E-state index is 0.0125. The van der Waals surface area contributed by atoms with E-state index in [1.54, 1.807) is 11.8 Å². The molecule has 0 spiro atoms. The van der Waals surface area contributed by atoms with E-state index in [0.717, 1.165) is 19.3 Å². The normalized spacial score (nSPS) is 18.6. The van der Waals surface area contributed by atoms with Gasteiger partial charge in [-0.25, -0.2) is 4.39 Å². The molecule has 0 bridgehead atoms. The second-order valence-electron chi connectivity index (χ2n) is 6.28. The molecule has 5 nitrogen and oxygen atoms in total. The average molecular weight is 415 g/mol. The lowest BCUT2D eigenvalue weighted by molar-refractivity contribution is -0.140. The molecule has 2 amide bonds. The van der Waals surface area contributed by atoms with E-state index in [0.29, 0.717) is 29.7 Å². The molecule has 2 atom stereocenters. The predicted molar refractivity (Wildman–Crippen MR) is 96.8 cm³/mol. The first kappa shape index (κ1) is 19.7. The molecular weight excluding hydrogens is 391 g/mol.